The highest BCUT2D eigenvalue weighted by Crippen LogP contribution is 2.33. The van der Waals surface area contributed by atoms with Crippen LogP contribution in [-0.2, 0) is 11.3 Å². The van der Waals surface area contributed by atoms with Gasteiger partial charge in [-0.05, 0) is 49.2 Å². The van der Waals surface area contributed by atoms with E-state index in [-0.39, 0.29) is 11.8 Å². The van der Waals surface area contributed by atoms with E-state index in [1.807, 2.05) is 23.1 Å². The third-order valence-corrected chi connectivity index (χ3v) is 6.11. The Hall–Kier alpha value is -3.40. The number of carbonyl (C=O) groups excluding carboxylic acids is 1. The van der Waals surface area contributed by atoms with E-state index in [0.29, 0.717) is 13.0 Å². The van der Waals surface area contributed by atoms with Crippen LogP contribution in [0, 0.1) is 13.8 Å². The number of nitrogens with zero attached hydrogens (tertiary/aromatic N) is 3. The number of rotatable bonds is 4. The highest BCUT2D eigenvalue weighted by molar-refractivity contribution is 5.96. The summed E-state index contributed by atoms with van der Waals surface area (Å²) in [4.78, 5) is 19.8. The van der Waals surface area contributed by atoms with Crippen LogP contribution < -0.4 is 4.90 Å². The first-order valence-corrected chi connectivity index (χ1v) is 10.5. The Labute approximate surface area is 176 Å². The Balaban J connectivity index is 1.53. The maximum Gasteiger partial charge on any atom is 0.227 e. The Kier molecular flexibility index (Phi) is 4.62. The van der Waals surface area contributed by atoms with Crippen LogP contribution in [0.25, 0.3) is 11.0 Å². The third kappa shape index (κ3) is 3.28. The van der Waals surface area contributed by atoms with Gasteiger partial charge in [-0.2, -0.15) is 0 Å². The summed E-state index contributed by atoms with van der Waals surface area (Å²) in [5.74, 6) is 1.25. The van der Waals surface area contributed by atoms with Crippen molar-refractivity contribution in [3.8, 4) is 0 Å². The molecule has 1 atom stereocenters. The van der Waals surface area contributed by atoms with Crippen LogP contribution in [0.4, 0.5) is 5.69 Å². The van der Waals surface area contributed by atoms with Crippen molar-refractivity contribution in [3.05, 3.63) is 95.3 Å². The number of fused-ring (bicyclic) bond motifs is 1. The van der Waals surface area contributed by atoms with E-state index in [4.69, 9.17) is 4.98 Å². The summed E-state index contributed by atoms with van der Waals surface area (Å²) in [6, 6.07) is 24.9. The molecule has 4 nitrogen and oxygen atoms in total. The van der Waals surface area contributed by atoms with Crippen molar-refractivity contribution in [2.75, 3.05) is 11.4 Å². The van der Waals surface area contributed by atoms with Crippen LogP contribution in [0.15, 0.2) is 72.8 Å². The molecule has 150 valence electrons. The van der Waals surface area contributed by atoms with Crippen LogP contribution in [0.1, 0.15) is 34.9 Å². The lowest BCUT2D eigenvalue weighted by Crippen LogP contribution is -2.24. The Morgan fingerprint density at radius 1 is 0.933 bits per heavy atom. The molecule has 0 saturated carbocycles. The minimum Gasteiger partial charge on any atom is -0.323 e. The molecule has 0 bridgehead atoms. The molecule has 0 N–H and O–H groups in total. The Morgan fingerprint density at radius 2 is 1.67 bits per heavy atom. The number of para-hydroxylation sites is 2. The van der Waals surface area contributed by atoms with E-state index in [1.165, 1.54) is 16.7 Å². The quantitative estimate of drug-likeness (QED) is 0.475. The van der Waals surface area contributed by atoms with Crippen molar-refractivity contribution in [2.24, 2.45) is 0 Å². The zero-order valence-electron chi connectivity index (χ0n) is 17.4. The summed E-state index contributed by atoms with van der Waals surface area (Å²) in [7, 11) is 0. The Morgan fingerprint density at radius 3 is 2.47 bits per heavy atom. The lowest BCUT2D eigenvalue weighted by Gasteiger charge is -2.18. The van der Waals surface area contributed by atoms with Gasteiger partial charge in [0.2, 0.25) is 5.91 Å². The molecule has 5 rings (SSSR count). The van der Waals surface area contributed by atoms with Crippen molar-refractivity contribution >= 4 is 22.6 Å². The average Bonchev–Trinajstić information content (AvgIpc) is 3.31. The summed E-state index contributed by atoms with van der Waals surface area (Å²) in [5, 5.41) is 0. The molecule has 1 aliphatic rings. The standard InChI is InChI=1S/C26H25N3O/c1-18-11-13-22(14-12-18)28-17-21(15-25(28)30)26-27-23-9-5-6-10-24(23)29(26)16-20-8-4-3-7-19(20)2/h3-14,21H,15-17H2,1-2H3/t21-/m0/s1. The second kappa shape index (κ2) is 7.45. The molecule has 0 aliphatic carbocycles. The number of carbonyl (C=O) groups is 1. The van der Waals surface area contributed by atoms with Crippen LogP contribution >= 0.6 is 0 Å². The second-order valence-electron chi connectivity index (χ2n) is 8.21. The van der Waals surface area contributed by atoms with Crippen molar-refractivity contribution in [1.82, 2.24) is 9.55 Å². The molecule has 30 heavy (non-hydrogen) atoms. The van der Waals surface area contributed by atoms with Crippen LogP contribution in [0.3, 0.4) is 0 Å². The minimum atomic E-state index is 0.0789. The normalized spacial score (nSPS) is 16.5. The van der Waals surface area contributed by atoms with Gasteiger partial charge in [0.15, 0.2) is 0 Å². The highest BCUT2D eigenvalue weighted by atomic mass is 16.2. The first kappa shape index (κ1) is 18.6. The van der Waals surface area contributed by atoms with Gasteiger partial charge in [-0.15, -0.1) is 0 Å². The topological polar surface area (TPSA) is 38.1 Å². The first-order chi connectivity index (χ1) is 14.6. The summed E-state index contributed by atoms with van der Waals surface area (Å²) in [6.45, 7) is 5.63. The van der Waals surface area contributed by atoms with Gasteiger partial charge in [0.25, 0.3) is 0 Å². The number of amides is 1. The maximum atomic E-state index is 12.9. The fraction of sp³-hybridized carbons (Fsp3) is 0.231. The molecule has 0 unspecified atom stereocenters. The predicted molar refractivity (Wildman–Crippen MR) is 121 cm³/mol. The molecule has 1 aromatic heterocycles. The van der Waals surface area contributed by atoms with Crippen LogP contribution in [0.5, 0.6) is 0 Å². The van der Waals surface area contributed by atoms with Gasteiger partial charge in [-0.1, -0.05) is 54.1 Å². The molecule has 1 fully saturated rings. The summed E-state index contributed by atoms with van der Waals surface area (Å²) >= 11 is 0. The van der Waals surface area contributed by atoms with E-state index in [2.05, 4.69) is 73.0 Å². The molecule has 0 radical (unpaired) electrons. The second-order valence-corrected chi connectivity index (χ2v) is 8.21. The van der Waals surface area contributed by atoms with E-state index >= 15 is 0 Å². The molecule has 1 aliphatic heterocycles. The predicted octanol–water partition coefficient (Wildman–Crippen LogP) is 5.22. The molecular weight excluding hydrogens is 370 g/mol. The van der Waals surface area contributed by atoms with Crippen LogP contribution in [0.2, 0.25) is 0 Å². The van der Waals surface area contributed by atoms with Gasteiger partial charge in [0.1, 0.15) is 5.82 Å². The molecule has 2 heterocycles. The number of aryl methyl sites for hydroxylation is 2. The van der Waals surface area contributed by atoms with Gasteiger partial charge in [-0.25, -0.2) is 4.98 Å². The largest absolute Gasteiger partial charge is 0.323 e. The van der Waals surface area contributed by atoms with Gasteiger partial charge >= 0.3 is 0 Å². The van der Waals surface area contributed by atoms with Crippen molar-refractivity contribution in [3.63, 3.8) is 0 Å². The zero-order chi connectivity index (χ0) is 20.7. The molecule has 4 heteroatoms. The lowest BCUT2D eigenvalue weighted by atomic mass is 10.1. The van der Waals surface area contributed by atoms with Gasteiger partial charge in [0.05, 0.1) is 11.0 Å². The molecular formula is C26H25N3O. The fourth-order valence-electron chi connectivity index (χ4n) is 4.38. The van der Waals surface area contributed by atoms with Gasteiger partial charge in [0, 0.05) is 31.1 Å². The summed E-state index contributed by atoms with van der Waals surface area (Å²) in [6.07, 6.45) is 0.491. The van der Waals surface area contributed by atoms with Crippen molar-refractivity contribution in [2.45, 2.75) is 32.7 Å². The summed E-state index contributed by atoms with van der Waals surface area (Å²) < 4.78 is 2.30. The SMILES string of the molecule is Cc1ccc(N2C[C@@H](c3nc4ccccc4n3Cc3ccccc3C)CC2=O)cc1. The van der Waals surface area contributed by atoms with Gasteiger partial charge in [-0.3, -0.25) is 4.79 Å². The molecule has 3 aromatic carbocycles. The number of benzene rings is 3. The maximum absolute atomic E-state index is 12.9. The fourth-order valence-corrected chi connectivity index (χ4v) is 4.38. The van der Waals surface area contributed by atoms with E-state index in [1.54, 1.807) is 0 Å². The zero-order valence-corrected chi connectivity index (χ0v) is 17.4. The van der Waals surface area contributed by atoms with Crippen molar-refractivity contribution < 1.29 is 4.79 Å². The molecule has 4 aromatic rings. The van der Waals surface area contributed by atoms with Crippen molar-refractivity contribution in [1.29, 1.82) is 0 Å². The number of anilines is 1. The van der Waals surface area contributed by atoms with Crippen LogP contribution in [-0.4, -0.2) is 22.0 Å². The number of aromatic nitrogens is 2. The number of hydrogen-bond donors (Lipinski definition) is 0. The lowest BCUT2D eigenvalue weighted by molar-refractivity contribution is -0.117. The van der Waals surface area contributed by atoms with E-state index in [9.17, 15) is 4.79 Å². The molecule has 1 amide bonds. The molecule has 0 spiro atoms. The Bertz CT molecular complexity index is 1220. The number of hydrogen-bond acceptors (Lipinski definition) is 2. The summed E-state index contributed by atoms with van der Waals surface area (Å²) in [5.41, 5.74) is 6.82. The number of imidazole rings is 1. The van der Waals surface area contributed by atoms with E-state index < -0.39 is 0 Å². The minimum absolute atomic E-state index is 0.0789. The smallest absolute Gasteiger partial charge is 0.227 e. The first-order valence-electron chi connectivity index (χ1n) is 10.5. The third-order valence-electron chi connectivity index (χ3n) is 6.11. The highest BCUT2D eigenvalue weighted by Gasteiger charge is 2.34. The molecule has 1 saturated heterocycles. The average molecular weight is 396 g/mol. The van der Waals surface area contributed by atoms with E-state index in [0.717, 1.165) is 29.1 Å². The van der Waals surface area contributed by atoms with Gasteiger partial charge < -0.3 is 9.47 Å². The monoisotopic (exact) mass is 395 g/mol.